The second-order valence-electron chi connectivity index (χ2n) is 5.02. The fourth-order valence-corrected chi connectivity index (χ4v) is 3.32. The molecule has 1 amide bonds. The Labute approximate surface area is 112 Å². The van der Waals surface area contributed by atoms with E-state index in [1.54, 1.807) is 11.3 Å². The molecule has 1 aliphatic carbocycles. The van der Waals surface area contributed by atoms with Crippen LogP contribution >= 0.6 is 11.3 Å². The molecule has 3 N–H and O–H groups in total. The van der Waals surface area contributed by atoms with Crippen molar-refractivity contribution in [1.29, 1.82) is 0 Å². The smallest absolute Gasteiger partial charge is 0.222 e. The number of hydrogen-bond donors (Lipinski definition) is 2. The monoisotopic (exact) mass is 267 g/mol. The number of aromatic nitrogens is 1. The van der Waals surface area contributed by atoms with Crippen LogP contribution in [0.3, 0.4) is 0 Å². The summed E-state index contributed by atoms with van der Waals surface area (Å²) in [5.41, 5.74) is 6.57. The van der Waals surface area contributed by atoms with Gasteiger partial charge in [-0.2, -0.15) is 0 Å². The Bertz CT molecular complexity index is 405. The zero-order chi connectivity index (χ0) is 13.0. The van der Waals surface area contributed by atoms with Gasteiger partial charge in [-0.25, -0.2) is 4.98 Å². The highest BCUT2D eigenvalue weighted by Gasteiger charge is 2.27. The van der Waals surface area contributed by atoms with Gasteiger partial charge in [-0.05, 0) is 19.8 Å². The average molecular weight is 267 g/mol. The first-order valence-electron chi connectivity index (χ1n) is 6.60. The van der Waals surface area contributed by atoms with E-state index in [0.717, 1.165) is 36.5 Å². The average Bonchev–Trinajstić information content (AvgIpc) is 2.62. The fourth-order valence-electron chi connectivity index (χ4n) is 2.59. The van der Waals surface area contributed by atoms with Crippen LogP contribution < -0.4 is 11.1 Å². The highest BCUT2D eigenvalue weighted by atomic mass is 32.1. The Balaban J connectivity index is 1.94. The van der Waals surface area contributed by atoms with E-state index in [9.17, 15) is 4.79 Å². The highest BCUT2D eigenvalue weighted by molar-refractivity contribution is 7.09. The first-order valence-corrected chi connectivity index (χ1v) is 7.48. The predicted octanol–water partition coefficient (Wildman–Crippen LogP) is 1.98. The van der Waals surface area contributed by atoms with Crippen molar-refractivity contribution in [2.75, 3.05) is 0 Å². The van der Waals surface area contributed by atoms with Gasteiger partial charge in [-0.15, -0.1) is 11.3 Å². The Morgan fingerprint density at radius 3 is 2.94 bits per heavy atom. The minimum Gasteiger partial charge on any atom is -0.369 e. The number of nitrogens with one attached hydrogen (secondary N) is 1. The van der Waals surface area contributed by atoms with Crippen LogP contribution in [0.2, 0.25) is 0 Å². The Hall–Kier alpha value is -0.940. The second-order valence-corrected chi connectivity index (χ2v) is 5.96. The number of carbonyl (C=O) groups is 1. The van der Waals surface area contributed by atoms with Gasteiger partial charge in [0, 0.05) is 23.7 Å². The largest absolute Gasteiger partial charge is 0.369 e. The summed E-state index contributed by atoms with van der Waals surface area (Å²) in [6, 6.07) is 0.217. The van der Waals surface area contributed by atoms with Gasteiger partial charge in [0.05, 0.1) is 5.92 Å². The van der Waals surface area contributed by atoms with Crippen molar-refractivity contribution in [3.63, 3.8) is 0 Å². The Morgan fingerprint density at radius 1 is 1.50 bits per heavy atom. The number of thiazole rings is 1. The molecule has 5 heteroatoms. The van der Waals surface area contributed by atoms with Gasteiger partial charge in [-0.3, -0.25) is 4.79 Å². The molecule has 2 atom stereocenters. The van der Waals surface area contributed by atoms with Crippen LogP contribution in [0.5, 0.6) is 0 Å². The van der Waals surface area contributed by atoms with E-state index in [1.165, 1.54) is 12.8 Å². The molecule has 0 bridgehead atoms. The van der Waals surface area contributed by atoms with E-state index in [-0.39, 0.29) is 17.9 Å². The number of nitrogens with two attached hydrogens (primary N) is 1. The molecule has 1 aromatic rings. The summed E-state index contributed by atoms with van der Waals surface area (Å²) in [5, 5.41) is 6.60. The summed E-state index contributed by atoms with van der Waals surface area (Å²) >= 11 is 1.66. The van der Waals surface area contributed by atoms with Crippen molar-refractivity contribution in [3.8, 4) is 0 Å². The topological polar surface area (TPSA) is 68.0 Å². The lowest BCUT2D eigenvalue weighted by Crippen LogP contribution is -2.41. The number of hydrogen-bond acceptors (Lipinski definition) is 4. The van der Waals surface area contributed by atoms with Crippen molar-refractivity contribution < 1.29 is 4.79 Å². The Kier molecular flexibility index (Phi) is 4.72. The first-order chi connectivity index (χ1) is 8.66. The van der Waals surface area contributed by atoms with E-state index in [2.05, 4.69) is 15.7 Å². The van der Waals surface area contributed by atoms with Crippen LogP contribution in [0.25, 0.3) is 0 Å². The second kappa shape index (κ2) is 6.29. The molecule has 1 heterocycles. The van der Waals surface area contributed by atoms with Gasteiger partial charge in [0.2, 0.25) is 5.91 Å². The lowest BCUT2D eigenvalue weighted by atomic mass is 9.94. The van der Waals surface area contributed by atoms with Gasteiger partial charge in [0.1, 0.15) is 5.01 Å². The van der Waals surface area contributed by atoms with Gasteiger partial charge in [0.15, 0.2) is 0 Å². The molecule has 4 nitrogen and oxygen atoms in total. The molecule has 0 aliphatic heterocycles. The molecule has 1 aromatic heterocycles. The molecular formula is C13H21N3OS. The van der Waals surface area contributed by atoms with Crippen LogP contribution in [-0.2, 0) is 11.3 Å². The van der Waals surface area contributed by atoms with Crippen LogP contribution in [-0.4, -0.2) is 16.9 Å². The first kappa shape index (κ1) is 13.5. The SMILES string of the molecule is Cc1csc(CN[C@@H]2CCCCC[C@H]2C(N)=O)n1. The maximum absolute atomic E-state index is 11.5. The molecule has 1 fully saturated rings. The molecule has 0 unspecified atom stereocenters. The highest BCUT2D eigenvalue weighted by Crippen LogP contribution is 2.23. The van der Waals surface area contributed by atoms with Gasteiger partial charge < -0.3 is 11.1 Å². The van der Waals surface area contributed by atoms with Gasteiger partial charge >= 0.3 is 0 Å². The number of rotatable bonds is 4. The summed E-state index contributed by atoms with van der Waals surface area (Å²) in [6.45, 7) is 2.74. The van der Waals surface area contributed by atoms with Crippen LogP contribution in [0.1, 0.15) is 42.8 Å². The maximum atomic E-state index is 11.5. The van der Waals surface area contributed by atoms with E-state index in [4.69, 9.17) is 5.73 Å². The maximum Gasteiger partial charge on any atom is 0.222 e. The molecule has 2 rings (SSSR count). The standard InChI is InChI=1S/C13H21N3OS/c1-9-8-18-12(16-9)7-15-11-6-4-2-3-5-10(11)13(14)17/h8,10-11,15H,2-7H2,1H3,(H2,14,17)/t10-,11-/m1/s1. The Morgan fingerprint density at radius 2 is 2.28 bits per heavy atom. The molecule has 1 saturated carbocycles. The lowest BCUT2D eigenvalue weighted by molar-refractivity contribution is -0.122. The third-order valence-corrected chi connectivity index (χ3v) is 4.53. The van der Waals surface area contributed by atoms with Crippen molar-refractivity contribution >= 4 is 17.2 Å². The third kappa shape index (κ3) is 3.53. The molecule has 18 heavy (non-hydrogen) atoms. The number of carbonyl (C=O) groups excluding carboxylic acids is 1. The van der Waals surface area contributed by atoms with E-state index in [0.29, 0.717) is 0 Å². The predicted molar refractivity (Wildman–Crippen MR) is 73.2 cm³/mol. The molecule has 0 saturated heterocycles. The van der Waals surface area contributed by atoms with Crippen molar-refractivity contribution in [2.24, 2.45) is 11.7 Å². The van der Waals surface area contributed by atoms with Crippen molar-refractivity contribution in [2.45, 2.75) is 51.6 Å². The molecule has 0 aromatic carbocycles. The molecule has 100 valence electrons. The van der Waals surface area contributed by atoms with E-state index < -0.39 is 0 Å². The molecular weight excluding hydrogens is 246 g/mol. The minimum absolute atomic E-state index is 0.0199. The molecule has 0 radical (unpaired) electrons. The van der Waals surface area contributed by atoms with Crippen molar-refractivity contribution in [1.82, 2.24) is 10.3 Å². The van der Waals surface area contributed by atoms with Crippen molar-refractivity contribution in [3.05, 3.63) is 16.1 Å². The number of primary amides is 1. The number of amides is 1. The summed E-state index contributed by atoms with van der Waals surface area (Å²) in [6.07, 6.45) is 5.46. The van der Waals surface area contributed by atoms with Crippen LogP contribution in [0, 0.1) is 12.8 Å². The molecule has 1 aliphatic rings. The number of aryl methyl sites for hydroxylation is 1. The summed E-state index contributed by atoms with van der Waals surface area (Å²) < 4.78 is 0. The van der Waals surface area contributed by atoms with E-state index in [1.807, 2.05) is 6.92 Å². The minimum atomic E-state index is -0.162. The van der Waals surface area contributed by atoms with Crippen LogP contribution in [0.15, 0.2) is 5.38 Å². The van der Waals surface area contributed by atoms with Gasteiger partial charge in [-0.1, -0.05) is 19.3 Å². The quantitative estimate of drug-likeness (QED) is 0.820. The third-order valence-electron chi connectivity index (χ3n) is 3.56. The lowest BCUT2D eigenvalue weighted by Gasteiger charge is -2.23. The zero-order valence-electron chi connectivity index (χ0n) is 10.8. The zero-order valence-corrected chi connectivity index (χ0v) is 11.6. The number of nitrogens with zero attached hydrogens (tertiary/aromatic N) is 1. The summed E-state index contributed by atoms with van der Waals surface area (Å²) in [7, 11) is 0. The van der Waals surface area contributed by atoms with E-state index >= 15 is 0 Å². The van der Waals surface area contributed by atoms with Gasteiger partial charge in [0.25, 0.3) is 0 Å². The van der Waals surface area contributed by atoms with Crippen LogP contribution in [0.4, 0.5) is 0 Å². The molecule has 0 spiro atoms. The summed E-state index contributed by atoms with van der Waals surface area (Å²) in [5.74, 6) is -0.182. The fraction of sp³-hybridized carbons (Fsp3) is 0.692. The normalized spacial score (nSPS) is 24.7. The summed E-state index contributed by atoms with van der Waals surface area (Å²) in [4.78, 5) is 15.9.